The lowest BCUT2D eigenvalue weighted by molar-refractivity contribution is -0.145. The Morgan fingerprint density at radius 3 is 2.53 bits per heavy atom. The first-order valence-corrected chi connectivity index (χ1v) is 6.03. The third-order valence-corrected chi connectivity index (χ3v) is 3.19. The van der Waals surface area contributed by atoms with Gasteiger partial charge in [-0.1, -0.05) is 6.92 Å². The maximum atomic E-state index is 11.6. The highest BCUT2D eigenvalue weighted by Gasteiger charge is 2.31. The van der Waals surface area contributed by atoms with Gasteiger partial charge in [-0.2, -0.15) is 0 Å². The van der Waals surface area contributed by atoms with Crippen LogP contribution in [0.4, 0.5) is 0 Å². The summed E-state index contributed by atoms with van der Waals surface area (Å²) in [6, 6.07) is -0.115. The van der Waals surface area contributed by atoms with Crippen LogP contribution in [0.15, 0.2) is 0 Å². The number of hydrogen-bond acceptors (Lipinski definition) is 4. The average Bonchev–Trinajstić information content (AvgIpc) is 2.54. The van der Waals surface area contributed by atoms with E-state index in [2.05, 4.69) is 24.1 Å². The zero-order chi connectivity index (χ0) is 13.0. The van der Waals surface area contributed by atoms with E-state index < -0.39 is 6.04 Å². The Hall–Kier alpha value is -1.10. The molecular weight excluding hydrogens is 220 g/mol. The number of likely N-dealkylation sites (tertiary alicyclic amines) is 1. The summed E-state index contributed by atoms with van der Waals surface area (Å²) in [5.74, 6) is 0.0490. The van der Waals surface area contributed by atoms with Gasteiger partial charge in [0, 0.05) is 26.1 Å². The van der Waals surface area contributed by atoms with Crippen molar-refractivity contribution in [1.29, 1.82) is 0 Å². The van der Waals surface area contributed by atoms with Gasteiger partial charge >= 0.3 is 5.97 Å². The number of hydrogen-bond donors (Lipinski definition) is 1. The molecule has 0 aromatic carbocycles. The van der Waals surface area contributed by atoms with E-state index in [4.69, 9.17) is 4.74 Å². The monoisotopic (exact) mass is 242 g/mol. The third-order valence-electron chi connectivity index (χ3n) is 3.19. The molecule has 0 bridgehead atoms. The Morgan fingerprint density at radius 1 is 1.47 bits per heavy atom. The van der Waals surface area contributed by atoms with Crippen molar-refractivity contribution in [2.75, 3.05) is 20.2 Å². The molecular formula is C12H22N2O3. The Kier molecular flexibility index (Phi) is 4.93. The molecule has 17 heavy (non-hydrogen) atoms. The van der Waals surface area contributed by atoms with Crippen molar-refractivity contribution in [2.24, 2.45) is 5.92 Å². The fraction of sp³-hybridized carbons (Fsp3) is 0.833. The van der Waals surface area contributed by atoms with Crippen LogP contribution in [0.25, 0.3) is 0 Å². The smallest absolute Gasteiger partial charge is 0.329 e. The molecule has 1 fully saturated rings. The van der Waals surface area contributed by atoms with E-state index in [0.29, 0.717) is 18.5 Å². The molecule has 1 N–H and O–H groups in total. The van der Waals surface area contributed by atoms with E-state index in [1.807, 2.05) is 0 Å². The van der Waals surface area contributed by atoms with Crippen LogP contribution in [0.3, 0.4) is 0 Å². The molecule has 0 saturated carbocycles. The first kappa shape index (κ1) is 14.0. The second kappa shape index (κ2) is 6.00. The SMILES string of the molecule is COC(=O)C(CN1CC(C)CC1C)NC(C)=O. The summed E-state index contributed by atoms with van der Waals surface area (Å²) in [6.45, 7) is 7.24. The summed E-state index contributed by atoms with van der Waals surface area (Å²) in [4.78, 5) is 24.8. The first-order chi connectivity index (χ1) is 7.93. The number of nitrogens with zero attached hydrogens (tertiary/aromatic N) is 1. The minimum absolute atomic E-state index is 0.208. The van der Waals surface area contributed by atoms with Gasteiger partial charge in [0.2, 0.25) is 5.91 Å². The standard InChI is InChI=1S/C12H22N2O3/c1-8-5-9(2)14(6-8)7-11(12(16)17-4)13-10(3)15/h8-9,11H,5-7H2,1-4H3,(H,13,15). The van der Waals surface area contributed by atoms with Gasteiger partial charge in [0.15, 0.2) is 0 Å². The molecule has 1 heterocycles. The highest BCUT2D eigenvalue weighted by molar-refractivity contribution is 5.83. The third kappa shape index (κ3) is 4.00. The summed E-state index contributed by atoms with van der Waals surface area (Å²) >= 11 is 0. The molecule has 5 heteroatoms. The zero-order valence-electron chi connectivity index (χ0n) is 11.0. The number of ether oxygens (including phenoxy) is 1. The van der Waals surface area contributed by atoms with Crippen molar-refractivity contribution < 1.29 is 14.3 Å². The second-order valence-electron chi connectivity index (χ2n) is 4.92. The van der Waals surface area contributed by atoms with Crippen LogP contribution >= 0.6 is 0 Å². The molecule has 3 unspecified atom stereocenters. The maximum absolute atomic E-state index is 11.6. The number of carbonyl (C=O) groups is 2. The van der Waals surface area contributed by atoms with Crippen LogP contribution in [0.5, 0.6) is 0 Å². The Morgan fingerprint density at radius 2 is 2.12 bits per heavy atom. The molecule has 98 valence electrons. The molecule has 1 aliphatic rings. The summed E-state index contributed by atoms with van der Waals surface area (Å²) in [5, 5.41) is 2.64. The number of carbonyl (C=O) groups excluding carboxylic acids is 2. The second-order valence-corrected chi connectivity index (χ2v) is 4.92. The minimum Gasteiger partial charge on any atom is -0.467 e. The maximum Gasteiger partial charge on any atom is 0.329 e. The quantitative estimate of drug-likeness (QED) is 0.725. The molecule has 1 aliphatic heterocycles. The van der Waals surface area contributed by atoms with Gasteiger partial charge in [0.05, 0.1) is 7.11 Å². The van der Waals surface area contributed by atoms with Gasteiger partial charge in [-0.3, -0.25) is 9.69 Å². The van der Waals surface area contributed by atoms with E-state index in [1.54, 1.807) is 0 Å². The van der Waals surface area contributed by atoms with Crippen LogP contribution in [-0.2, 0) is 14.3 Å². The topological polar surface area (TPSA) is 58.6 Å². The van der Waals surface area contributed by atoms with Crippen LogP contribution in [0, 0.1) is 5.92 Å². The van der Waals surface area contributed by atoms with Gasteiger partial charge in [-0.05, 0) is 19.3 Å². The van der Waals surface area contributed by atoms with Crippen LogP contribution in [0.2, 0.25) is 0 Å². The van der Waals surface area contributed by atoms with Gasteiger partial charge in [0.25, 0.3) is 0 Å². The summed E-state index contributed by atoms with van der Waals surface area (Å²) in [6.07, 6.45) is 1.13. The molecule has 1 amide bonds. The molecule has 0 radical (unpaired) electrons. The summed E-state index contributed by atoms with van der Waals surface area (Å²) in [7, 11) is 1.34. The molecule has 3 atom stereocenters. The molecule has 1 rings (SSSR count). The fourth-order valence-corrected chi connectivity index (χ4v) is 2.44. The average molecular weight is 242 g/mol. The highest BCUT2D eigenvalue weighted by Crippen LogP contribution is 2.22. The van der Waals surface area contributed by atoms with Crippen LogP contribution < -0.4 is 5.32 Å². The van der Waals surface area contributed by atoms with Crippen molar-refractivity contribution >= 4 is 11.9 Å². The van der Waals surface area contributed by atoms with E-state index in [-0.39, 0.29) is 11.9 Å². The lowest BCUT2D eigenvalue weighted by Gasteiger charge is -2.25. The van der Waals surface area contributed by atoms with Gasteiger partial charge in [0.1, 0.15) is 6.04 Å². The Bertz CT molecular complexity index is 293. The lowest BCUT2D eigenvalue weighted by Crippen LogP contribution is -2.49. The van der Waals surface area contributed by atoms with Crippen molar-refractivity contribution in [2.45, 2.75) is 39.3 Å². The molecule has 5 nitrogen and oxygen atoms in total. The van der Waals surface area contributed by atoms with Crippen LogP contribution in [0.1, 0.15) is 27.2 Å². The Balaban J connectivity index is 2.59. The summed E-state index contributed by atoms with van der Waals surface area (Å²) in [5.41, 5.74) is 0. The normalized spacial score (nSPS) is 26.6. The number of nitrogens with one attached hydrogen (secondary N) is 1. The number of methoxy groups -OCH3 is 1. The van der Waals surface area contributed by atoms with Gasteiger partial charge in [-0.15, -0.1) is 0 Å². The largest absolute Gasteiger partial charge is 0.467 e. The molecule has 0 aliphatic carbocycles. The molecule has 1 saturated heterocycles. The number of rotatable bonds is 4. The summed E-state index contributed by atoms with van der Waals surface area (Å²) < 4.78 is 4.71. The highest BCUT2D eigenvalue weighted by atomic mass is 16.5. The van der Waals surface area contributed by atoms with Crippen molar-refractivity contribution in [1.82, 2.24) is 10.2 Å². The van der Waals surface area contributed by atoms with E-state index >= 15 is 0 Å². The lowest BCUT2D eigenvalue weighted by atomic mass is 10.1. The van der Waals surface area contributed by atoms with Gasteiger partial charge in [-0.25, -0.2) is 4.79 Å². The van der Waals surface area contributed by atoms with Crippen molar-refractivity contribution in [3.8, 4) is 0 Å². The predicted molar refractivity (Wildman–Crippen MR) is 64.4 cm³/mol. The van der Waals surface area contributed by atoms with Crippen molar-refractivity contribution in [3.63, 3.8) is 0 Å². The van der Waals surface area contributed by atoms with Crippen LogP contribution in [-0.4, -0.2) is 49.1 Å². The van der Waals surface area contributed by atoms with E-state index in [0.717, 1.165) is 13.0 Å². The molecule has 0 aromatic rings. The number of esters is 1. The molecule has 0 aromatic heterocycles. The Labute approximate surface area is 102 Å². The first-order valence-electron chi connectivity index (χ1n) is 6.03. The predicted octanol–water partition coefficient (Wildman–Crippen LogP) is 0.394. The van der Waals surface area contributed by atoms with Crippen molar-refractivity contribution in [3.05, 3.63) is 0 Å². The van der Waals surface area contributed by atoms with E-state index in [9.17, 15) is 9.59 Å². The number of amides is 1. The van der Waals surface area contributed by atoms with Gasteiger partial charge < -0.3 is 10.1 Å². The molecule has 0 spiro atoms. The minimum atomic E-state index is -0.565. The zero-order valence-corrected chi connectivity index (χ0v) is 11.0. The fourth-order valence-electron chi connectivity index (χ4n) is 2.44. The van der Waals surface area contributed by atoms with E-state index in [1.165, 1.54) is 14.0 Å².